The van der Waals surface area contributed by atoms with Crippen molar-refractivity contribution in [3.05, 3.63) is 29.6 Å². The quantitative estimate of drug-likeness (QED) is 0.769. The van der Waals surface area contributed by atoms with Gasteiger partial charge >= 0.3 is 0 Å². The molecular weight excluding hydrogens is 288 g/mol. The first kappa shape index (κ1) is 14.0. The molecule has 1 aromatic heterocycles. The Bertz CT molecular complexity index is 386. The van der Waals surface area contributed by atoms with Crippen LogP contribution in [-0.4, -0.2) is 28.8 Å². The fourth-order valence-corrected chi connectivity index (χ4v) is 3.79. The molecule has 1 fully saturated rings. The molecule has 1 heterocycles. The van der Waals surface area contributed by atoms with Crippen LogP contribution in [0.1, 0.15) is 37.1 Å². The van der Waals surface area contributed by atoms with Gasteiger partial charge in [0.25, 0.3) is 0 Å². The van der Waals surface area contributed by atoms with E-state index in [4.69, 9.17) is 0 Å². The van der Waals surface area contributed by atoms with Gasteiger partial charge in [-0.2, -0.15) is 0 Å². The third-order valence-corrected chi connectivity index (χ3v) is 5.12. The van der Waals surface area contributed by atoms with Gasteiger partial charge in [-0.25, -0.2) is 0 Å². The standard InChI is InChI=1S/C15H23BrN2/c1-13-6-5-7-14(17-13)10-18(2)12-15(11-16)8-3-4-9-15/h5-7H,3-4,8-12H2,1-2H3. The smallest absolute Gasteiger partial charge is 0.0547 e. The van der Waals surface area contributed by atoms with E-state index in [1.165, 1.54) is 37.9 Å². The van der Waals surface area contributed by atoms with Crippen molar-refractivity contribution < 1.29 is 0 Å². The van der Waals surface area contributed by atoms with E-state index in [2.05, 4.69) is 58.0 Å². The van der Waals surface area contributed by atoms with E-state index < -0.39 is 0 Å². The third-order valence-electron chi connectivity index (χ3n) is 3.93. The van der Waals surface area contributed by atoms with Crippen molar-refractivity contribution in [3.63, 3.8) is 0 Å². The molecule has 3 heteroatoms. The zero-order chi connectivity index (χ0) is 13.0. The number of hydrogen-bond donors (Lipinski definition) is 0. The molecular formula is C15H23BrN2. The summed E-state index contributed by atoms with van der Waals surface area (Å²) >= 11 is 3.72. The Morgan fingerprint density at radius 2 is 2.06 bits per heavy atom. The lowest BCUT2D eigenvalue weighted by molar-refractivity contribution is 0.195. The molecule has 0 aliphatic heterocycles. The maximum absolute atomic E-state index is 4.58. The van der Waals surface area contributed by atoms with Crippen molar-refractivity contribution in [3.8, 4) is 0 Å². The molecule has 18 heavy (non-hydrogen) atoms. The third kappa shape index (κ3) is 3.55. The summed E-state index contributed by atoms with van der Waals surface area (Å²) in [4.78, 5) is 7.01. The van der Waals surface area contributed by atoms with Crippen molar-refractivity contribution in [2.24, 2.45) is 5.41 Å². The zero-order valence-corrected chi connectivity index (χ0v) is 13.0. The van der Waals surface area contributed by atoms with Crippen molar-refractivity contribution in [1.29, 1.82) is 0 Å². The lowest BCUT2D eigenvalue weighted by Crippen LogP contribution is -2.34. The molecule has 2 rings (SSSR count). The van der Waals surface area contributed by atoms with Crippen LogP contribution in [0.25, 0.3) is 0 Å². The highest BCUT2D eigenvalue weighted by molar-refractivity contribution is 9.09. The molecule has 0 amide bonds. The maximum atomic E-state index is 4.58. The van der Waals surface area contributed by atoms with Crippen LogP contribution in [0.3, 0.4) is 0 Å². The lowest BCUT2D eigenvalue weighted by atomic mass is 9.88. The van der Waals surface area contributed by atoms with Crippen LogP contribution in [0.4, 0.5) is 0 Å². The molecule has 0 N–H and O–H groups in total. The van der Waals surface area contributed by atoms with Crippen LogP contribution < -0.4 is 0 Å². The molecule has 0 aromatic carbocycles. The van der Waals surface area contributed by atoms with E-state index in [-0.39, 0.29) is 0 Å². The summed E-state index contributed by atoms with van der Waals surface area (Å²) in [6.45, 7) is 4.19. The Kier molecular flexibility index (Phi) is 4.79. The van der Waals surface area contributed by atoms with E-state index in [0.29, 0.717) is 5.41 Å². The average Bonchev–Trinajstić information content (AvgIpc) is 2.78. The molecule has 0 bridgehead atoms. The zero-order valence-electron chi connectivity index (χ0n) is 11.5. The summed E-state index contributed by atoms with van der Waals surface area (Å²) in [5, 5.41) is 1.13. The summed E-state index contributed by atoms with van der Waals surface area (Å²) < 4.78 is 0. The van der Waals surface area contributed by atoms with Crippen LogP contribution in [-0.2, 0) is 6.54 Å². The van der Waals surface area contributed by atoms with Gasteiger partial charge in [0.2, 0.25) is 0 Å². The normalized spacial score (nSPS) is 18.4. The van der Waals surface area contributed by atoms with E-state index in [1.54, 1.807) is 0 Å². The molecule has 2 nitrogen and oxygen atoms in total. The van der Waals surface area contributed by atoms with Crippen molar-refractivity contribution in [2.45, 2.75) is 39.2 Å². The maximum Gasteiger partial charge on any atom is 0.0547 e. The number of halogens is 1. The number of aryl methyl sites for hydroxylation is 1. The first-order chi connectivity index (χ1) is 8.63. The fourth-order valence-electron chi connectivity index (χ4n) is 3.05. The Morgan fingerprint density at radius 3 is 2.67 bits per heavy atom. The minimum absolute atomic E-state index is 0.499. The number of rotatable bonds is 5. The molecule has 1 aliphatic rings. The van der Waals surface area contributed by atoms with Crippen LogP contribution in [0.5, 0.6) is 0 Å². The van der Waals surface area contributed by atoms with Crippen molar-refractivity contribution in [2.75, 3.05) is 18.9 Å². The summed E-state index contributed by atoms with van der Waals surface area (Å²) in [5.74, 6) is 0. The summed E-state index contributed by atoms with van der Waals surface area (Å²) in [5.41, 5.74) is 2.79. The van der Waals surface area contributed by atoms with E-state index in [1.807, 2.05) is 0 Å². The minimum atomic E-state index is 0.499. The Hall–Kier alpha value is -0.410. The van der Waals surface area contributed by atoms with Gasteiger partial charge in [0.05, 0.1) is 5.69 Å². The van der Waals surface area contributed by atoms with Crippen LogP contribution >= 0.6 is 15.9 Å². The molecule has 1 saturated carbocycles. The van der Waals surface area contributed by atoms with Crippen LogP contribution in [0.15, 0.2) is 18.2 Å². The topological polar surface area (TPSA) is 16.1 Å². The van der Waals surface area contributed by atoms with Gasteiger partial charge in [-0.05, 0) is 44.4 Å². The van der Waals surface area contributed by atoms with E-state index in [0.717, 1.165) is 17.6 Å². The predicted octanol–water partition coefficient (Wildman–Crippen LogP) is 3.78. The minimum Gasteiger partial charge on any atom is -0.300 e. The van der Waals surface area contributed by atoms with Gasteiger partial charge in [0.1, 0.15) is 0 Å². The Morgan fingerprint density at radius 1 is 1.33 bits per heavy atom. The molecule has 100 valence electrons. The monoisotopic (exact) mass is 310 g/mol. The van der Waals surface area contributed by atoms with Gasteiger partial charge in [-0.3, -0.25) is 9.88 Å². The van der Waals surface area contributed by atoms with Gasteiger partial charge < -0.3 is 0 Å². The molecule has 0 radical (unpaired) electrons. The molecule has 1 aromatic rings. The van der Waals surface area contributed by atoms with Gasteiger partial charge in [0, 0.05) is 24.1 Å². The molecule has 1 aliphatic carbocycles. The first-order valence-electron chi connectivity index (χ1n) is 6.81. The average molecular weight is 311 g/mol. The van der Waals surface area contributed by atoms with Gasteiger partial charge in [0.15, 0.2) is 0 Å². The van der Waals surface area contributed by atoms with E-state index in [9.17, 15) is 0 Å². The second kappa shape index (κ2) is 6.16. The number of nitrogens with zero attached hydrogens (tertiary/aromatic N) is 2. The number of alkyl halides is 1. The molecule has 0 unspecified atom stereocenters. The van der Waals surface area contributed by atoms with E-state index >= 15 is 0 Å². The lowest BCUT2D eigenvalue weighted by Gasteiger charge is -2.31. The van der Waals surface area contributed by atoms with Gasteiger partial charge in [-0.1, -0.05) is 34.8 Å². The molecule has 0 saturated heterocycles. The highest BCUT2D eigenvalue weighted by Gasteiger charge is 2.33. The second-order valence-corrected chi connectivity index (χ2v) is 6.34. The highest BCUT2D eigenvalue weighted by Crippen LogP contribution is 2.40. The molecule has 0 spiro atoms. The van der Waals surface area contributed by atoms with Crippen LogP contribution in [0, 0.1) is 12.3 Å². The summed E-state index contributed by atoms with van der Waals surface area (Å²) in [6, 6.07) is 6.28. The molecule has 0 atom stereocenters. The SMILES string of the molecule is Cc1cccc(CN(C)CC2(CBr)CCCC2)n1. The van der Waals surface area contributed by atoms with Crippen molar-refractivity contribution in [1.82, 2.24) is 9.88 Å². The first-order valence-corrected chi connectivity index (χ1v) is 7.93. The van der Waals surface area contributed by atoms with Crippen LogP contribution in [0.2, 0.25) is 0 Å². The Balaban J connectivity index is 1.93. The number of pyridine rings is 1. The van der Waals surface area contributed by atoms with Gasteiger partial charge in [-0.15, -0.1) is 0 Å². The highest BCUT2D eigenvalue weighted by atomic mass is 79.9. The second-order valence-electron chi connectivity index (χ2n) is 5.78. The van der Waals surface area contributed by atoms with Crippen molar-refractivity contribution >= 4 is 15.9 Å². The largest absolute Gasteiger partial charge is 0.300 e. The number of aromatic nitrogens is 1. The summed E-state index contributed by atoms with van der Waals surface area (Å²) in [6.07, 6.45) is 5.51. The fraction of sp³-hybridized carbons (Fsp3) is 0.667. The summed E-state index contributed by atoms with van der Waals surface area (Å²) in [7, 11) is 2.22. The number of hydrogen-bond acceptors (Lipinski definition) is 2. The predicted molar refractivity (Wildman–Crippen MR) is 80.0 cm³/mol. The Labute approximate surface area is 119 Å².